The highest BCUT2D eigenvalue weighted by molar-refractivity contribution is 7.92. The van der Waals surface area contributed by atoms with Crippen molar-refractivity contribution in [2.45, 2.75) is 36.9 Å². The average molecular weight is 648 g/mol. The molecule has 0 bridgehead atoms. The van der Waals surface area contributed by atoms with Gasteiger partial charge in [-0.2, -0.15) is 21.6 Å². The van der Waals surface area contributed by atoms with Crippen LogP contribution in [0.2, 0.25) is 5.02 Å². The van der Waals surface area contributed by atoms with Crippen molar-refractivity contribution >= 4 is 49.1 Å². The molecule has 1 aliphatic heterocycles. The van der Waals surface area contributed by atoms with Gasteiger partial charge in [-0.15, -0.1) is 0 Å². The van der Waals surface area contributed by atoms with Gasteiger partial charge in [-0.1, -0.05) is 35.9 Å². The SMILES string of the molecule is C/C(=C\c1ccc2c(c1)N(S(=O)(=O)c1cccc(C(F)(F)F)c1)C[C@H](CCCOS(C)(=O)=O)O2)c1c(F)cccc1Cl. The van der Waals surface area contributed by atoms with Crippen LogP contribution in [-0.2, 0) is 30.5 Å². The lowest BCUT2D eigenvalue weighted by atomic mass is 10.0. The number of benzene rings is 3. The minimum Gasteiger partial charge on any atom is -0.486 e. The Morgan fingerprint density at radius 1 is 1.10 bits per heavy atom. The number of anilines is 1. The summed E-state index contributed by atoms with van der Waals surface area (Å²) in [6, 6.07) is 12.3. The van der Waals surface area contributed by atoms with Crippen LogP contribution in [0.25, 0.3) is 11.6 Å². The molecule has 0 aromatic heterocycles. The number of ether oxygens (including phenoxy) is 1. The molecule has 0 N–H and O–H groups in total. The average Bonchev–Trinajstić information content (AvgIpc) is 2.89. The number of nitrogens with zero attached hydrogens (tertiary/aromatic N) is 1. The molecule has 226 valence electrons. The summed E-state index contributed by atoms with van der Waals surface area (Å²) in [5, 5.41) is 0.182. The molecule has 0 saturated heterocycles. The summed E-state index contributed by atoms with van der Waals surface area (Å²) >= 11 is 6.18. The lowest BCUT2D eigenvalue weighted by molar-refractivity contribution is -0.137. The Morgan fingerprint density at radius 3 is 2.48 bits per heavy atom. The molecule has 0 radical (unpaired) electrons. The first-order chi connectivity index (χ1) is 19.6. The summed E-state index contributed by atoms with van der Waals surface area (Å²) in [5.41, 5.74) is 0.0139. The van der Waals surface area contributed by atoms with Gasteiger partial charge in [0, 0.05) is 5.56 Å². The zero-order valence-electron chi connectivity index (χ0n) is 22.4. The van der Waals surface area contributed by atoms with E-state index in [9.17, 15) is 34.4 Å². The predicted molar refractivity (Wildman–Crippen MR) is 152 cm³/mol. The fourth-order valence-electron chi connectivity index (χ4n) is 4.47. The Morgan fingerprint density at radius 2 is 1.81 bits per heavy atom. The van der Waals surface area contributed by atoms with Gasteiger partial charge in [0.1, 0.15) is 17.7 Å². The topological polar surface area (TPSA) is 90.0 Å². The zero-order chi connectivity index (χ0) is 30.9. The molecule has 42 heavy (non-hydrogen) atoms. The number of sulfonamides is 1. The fourth-order valence-corrected chi connectivity index (χ4v) is 6.75. The van der Waals surface area contributed by atoms with E-state index in [-0.39, 0.29) is 48.0 Å². The van der Waals surface area contributed by atoms with Crippen molar-refractivity contribution in [2.24, 2.45) is 0 Å². The van der Waals surface area contributed by atoms with E-state index >= 15 is 0 Å². The van der Waals surface area contributed by atoms with Crippen molar-refractivity contribution in [3.8, 4) is 5.75 Å². The van der Waals surface area contributed by atoms with Gasteiger partial charge in [-0.25, -0.2) is 12.8 Å². The molecular weight excluding hydrogens is 622 g/mol. The van der Waals surface area contributed by atoms with E-state index in [1.807, 2.05) is 0 Å². The van der Waals surface area contributed by atoms with E-state index in [1.54, 1.807) is 19.1 Å². The lowest BCUT2D eigenvalue weighted by Crippen LogP contribution is -2.43. The summed E-state index contributed by atoms with van der Waals surface area (Å²) in [4.78, 5) is -0.570. The fraction of sp³-hybridized carbons (Fsp3) is 0.286. The van der Waals surface area contributed by atoms with Crippen molar-refractivity contribution in [3.05, 3.63) is 88.2 Å². The first kappa shape index (κ1) is 31.8. The third-order valence-corrected chi connectivity index (χ3v) is 9.06. The van der Waals surface area contributed by atoms with Crippen LogP contribution in [0.4, 0.5) is 23.2 Å². The zero-order valence-corrected chi connectivity index (χ0v) is 24.7. The third-order valence-electron chi connectivity index (χ3n) is 6.37. The molecule has 3 aromatic carbocycles. The summed E-state index contributed by atoms with van der Waals surface area (Å²) in [6.45, 7) is 1.20. The molecular formula is C28H26ClF4NO6S2. The summed E-state index contributed by atoms with van der Waals surface area (Å²) in [6.07, 6.45) is -2.64. The van der Waals surface area contributed by atoms with Gasteiger partial charge in [0.15, 0.2) is 0 Å². The van der Waals surface area contributed by atoms with Gasteiger partial charge < -0.3 is 4.74 Å². The molecule has 0 unspecified atom stereocenters. The smallest absolute Gasteiger partial charge is 0.416 e. The monoisotopic (exact) mass is 647 g/mol. The number of rotatable bonds is 9. The lowest BCUT2D eigenvalue weighted by Gasteiger charge is -2.36. The van der Waals surface area contributed by atoms with Crippen molar-refractivity contribution in [2.75, 3.05) is 23.7 Å². The Hall–Kier alpha value is -3.13. The maximum atomic E-state index is 14.5. The Balaban J connectivity index is 1.74. The van der Waals surface area contributed by atoms with Crippen molar-refractivity contribution < 1.29 is 43.3 Å². The Kier molecular flexibility index (Phi) is 9.26. The van der Waals surface area contributed by atoms with Gasteiger partial charge in [0.2, 0.25) is 0 Å². The number of hydrogen-bond donors (Lipinski definition) is 0. The molecule has 0 spiro atoms. The van der Waals surface area contributed by atoms with Crippen LogP contribution in [0.1, 0.15) is 36.5 Å². The number of halogens is 5. The first-order valence-electron chi connectivity index (χ1n) is 12.5. The van der Waals surface area contributed by atoms with Crippen molar-refractivity contribution in [1.29, 1.82) is 0 Å². The molecule has 1 atom stereocenters. The maximum Gasteiger partial charge on any atom is 0.416 e. The van der Waals surface area contributed by atoms with Crippen molar-refractivity contribution in [3.63, 3.8) is 0 Å². The molecule has 7 nitrogen and oxygen atoms in total. The first-order valence-corrected chi connectivity index (χ1v) is 16.2. The Bertz CT molecular complexity index is 1710. The van der Waals surface area contributed by atoms with Crippen LogP contribution in [0.5, 0.6) is 5.75 Å². The Labute approximate surface area is 246 Å². The molecule has 0 amide bonds. The van der Waals surface area contributed by atoms with Crippen LogP contribution in [0, 0.1) is 5.82 Å². The molecule has 0 aliphatic carbocycles. The van der Waals surface area contributed by atoms with Crippen LogP contribution in [0.3, 0.4) is 0 Å². The van der Waals surface area contributed by atoms with Crippen LogP contribution >= 0.6 is 11.6 Å². The van der Waals surface area contributed by atoms with Crippen molar-refractivity contribution in [1.82, 2.24) is 0 Å². The molecule has 14 heteroatoms. The minimum atomic E-state index is -4.76. The van der Waals surface area contributed by atoms with Gasteiger partial charge in [-0.3, -0.25) is 8.49 Å². The molecule has 0 fully saturated rings. The third kappa shape index (κ3) is 7.44. The van der Waals surface area contributed by atoms with E-state index in [1.165, 1.54) is 30.3 Å². The standard InChI is InChI=1S/C28H26ClF4NO6S2/c1-18(27-23(29)9-4-10-24(27)30)14-19-11-12-26-25(15-19)34(17-21(40-26)7-5-13-39-41(2,35)36)42(37,38)22-8-3-6-20(16-22)28(31,32)33/h3-4,6,8-12,14-16,21H,5,7,13,17H2,1-2H3/b18-14+/t21-/m0/s1. The second-order valence-corrected chi connectivity index (χ2v) is 13.5. The van der Waals surface area contributed by atoms with E-state index < -0.39 is 48.7 Å². The van der Waals surface area contributed by atoms with Crippen LogP contribution < -0.4 is 9.04 Å². The summed E-state index contributed by atoms with van der Waals surface area (Å²) in [5.74, 6) is -0.404. The van der Waals surface area contributed by atoms with E-state index in [4.69, 9.17) is 20.5 Å². The summed E-state index contributed by atoms with van der Waals surface area (Å²) < 4.78 is 117. The molecule has 1 aliphatic rings. The minimum absolute atomic E-state index is 0.0669. The number of fused-ring (bicyclic) bond motifs is 1. The van der Waals surface area contributed by atoms with Gasteiger partial charge in [0.05, 0.1) is 40.6 Å². The van der Waals surface area contributed by atoms with Gasteiger partial charge >= 0.3 is 6.18 Å². The molecule has 3 aromatic rings. The molecule has 4 rings (SSSR count). The van der Waals surface area contributed by atoms with Crippen LogP contribution in [-0.4, -0.2) is 42.3 Å². The second kappa shape index (κ2) is 12.2. The second-order valence-electron chi connectivity index (χ2n) is 9.62. The number of allylic oxidation sites excluding steroid dienone is 1. The highest BCUT2D eigenvalue weighted by Gasteiger charge is 2.37. The quantitative estimate of drug-likeness (QED) is 0.110. The van der Waals surface area contributed by atoms with Gasteiger partial charge in [0.25, 0.3) is 20.1 Å². The van der Waals surface area contributed by atoms with Crippen LogP contribution in [0.15, 0.2) is 65.6 Å². The highest BCUT2D eigenvalue weighted by Crippen LogP contribution is 2.40. The normalized spacial score (nSPS) is 16.2. The molecule has 0 saturated carbocycles. The number of hydrogen-bond acceptors (Lipinski definition) is 6. The molecule has 1 heterocycles. The van der Waals surface area contributed by atoms with Gasteiger partial charge in [-0.05, 0) is 73.4 Å². The van der Waals surface area contributed by atoms with E-state index in [0.717, 1.165) is 28.8 Å². The largest absolute Gasteiger partial charge is 0.486 e. The predicted octanol–water partition coefficient (Wildman–Crippen LogP) is 6.77. The highest BCUT2D eigenvalue weighted by atomic mass is 35.5. The maximum absolute atomic E-state index is 14.5. The number of alkyl halides is 3. The van der Waals surface area contributed by atoms with E-state index in [2.05, 4.69) is 0 Å². The van der Waals surface area contributed by atoms with E-state index in [0.29, 0.717) is 17.2 Å². The summed E-state index contributed by atoms with van der Waals surface area (Å²) in [7, 11) is -8.21.